The molecule has 0 aromatic carbocycles. The summed E-state index contributed by atoms with van der Waals surface area (Å²) in [6.07, 6.45) is 6.95. The Balaban J connectivity index is 1.98. The number of hydrogen-bond donors (Lipinski definition) is 0. The molecule has 1 saturated heterocycles. The zero-order valence-corrected chi connectivity index (χ0v) is 13.0. The Morgan fingerprint density at radius 3 is 2.35 bits per heavy atom. The van der Waals surface area contributed by atoms with E-state index in [0.717, 1.165) is 6.42 Å². The first kappa shape index (κ1) is 15.8. The minimum atomic E-state index is -2.91. The second-order valence-corrected chi connectivity index (χ2v) is 8.27. The molecular weight excluding hydrogens is 278 g/mol. The third kappa shape index (κ3) is 4.19. The Labute approximate surface area is 121 Å². The largest absolute Gasteiger partial charge is 0.468 e. The molecule has 2 fully saturated rings. The standard InChI is InChI=1S/C14H25NO4S/c1-19-14(16)13(11-12-5-3-2-4-6-12)15-7-9-20(17,18)10-8-15/h12-13H,2-11H2,1H3/t13-/m1/s1. The van der Waals surface area contributed by atoms with Gasteiger partial charge in [-0.15, -0.1) is 0 Å². The van der Waals surface area contributed by atoms with Crippen molar-refractivity contribution in [3.8, 4) is 0 Å². The molecule has 5 nitrogen and oxygen atoms in total. The van der Waals surface area contributed by atoms with E-state index < -0.39 is 9.84 Å². The molecule has 2 aliphatic rings. The minimum Gasteiger partial charge on any atom is -0.468 e. The van der Waals surface area contributed by atoms with Crippen LogP contribution in [0.25, 0.3) is 0 Å². The summed E-state index contributed by atoms with van der Waals surface area (Å²) in [5.74, 6) is 0.678. The Morgan fingerprint density at radius 1 is 1.20 bits per heavy atom. The highest BCUT2D eigenvalue weighted by molar-refractivity contribution is 7.91. The average molecular weight is 303 g/mol. The lowest BCUT2D eigenvalue weighted by Crippen LogP contribution is -2.50. The first-order valence-electron chi connectivity index (χ1n) is 7.54. The van der Waals surface area contributed by atoms with Crippen LogP contribution in [0.5, 0.6) is 0 Å². The highest BCUT2D eigenvalue weighted by Crippen LogP contribution is 2.29. The molecule has 0 amide bonds. The number of rotatable bonds is 4. The molecule has 1 saturated carbocycles. The number of sulfone groups is 1. The van der Waals surface area contributed by atoms with Crippen LogP contribution < -0.4 is 0 Å². The molecule has 0 unspecified atom stereocenters. The third-order valence-corrected chi connectivity index (χ3v) is 6.18. The number of methoxy groups -OCH3 is 1. The smallest absolute Gasteiger partial charge is 0.323 e. The van der Waals surface area contributed by atoms with Gasteiger partial charge in [0.1, 0.15) is 6.04 Å². The number of carbonyl (C=O) groups excluding carboxylic acids is 1. The number of ether oxygens (including phenoxy) is 1. The van der Waals surface area contributed by atoms with E-state index in [2.05, 4.69) is 0 Å². The van der Waals surface area contributed by atoms with Crippen LogP contribution in [-0.2, 0) is 19.4 Å². The summed E-state index contributed by atoms with van der Waals surface area (Å²) in [7, 11) is -1.49. The molecule has 116 valence electrons. The normalized spacial score (nSPS) is 26.1. The van der Waals surface area contributed by atoms with Crippen LogP contribution >= 0.6 is 0 Å². The van der Waals surface area contributed by atoms with Crippen LogP contribution in [0.2, 0.25) is 0 Å². The van der Waals surface area contributed by atoms with Crippen LogP contribution in [0.3, 0.4) is 0 Å². The quantitative estimate of drug-likeness (QED) is 0.731. The van der Waals surface area contributed by atoms with E-state index in [1.165, 1.54) is 39.2 Å². The maximum atomic E-state index is 12.0. The van der Waals surface area contributed by atoms with Crippen molar-refractivity contribution in [2.24, 2.45) is 5.92 Å². The number of carbonyl (C=O) groups is 1. The molecule has 6 heteroatoms. The number of hydrogen-bond acceptors (Lipinski definition) is 5. The van der Waals surface area contributed by atoms with E-state index in [-0.39, 0.29) is 23.5 Å². The van der Waals surface area contributed by atoms with Crippen molar-refractivity contribution in [3.05, 3.63) is 0 Å². The Morgan fingerprint density at radius 2 is 1.80 bits per heavy atom. The van der Waals surface area contributed by atoms with Gasteiger partial charge in [-0.3, -0.25) is 9.69 Å². The Hall–Kier alpha value is -0.620. The highest BCUT2D eigenvalue weighted by Gasteiger charge is 2.33. The lowest BCUT2D eigenvalue weighted by atomic mass is 9.84. The van der Waals surface area contributed by atoms with Crippen molar-refractivity contribution in [1.29, 1.82) is 0 Å². The molecule has 0 aromatic rings. The van der Waals surface area contributed by atoms with Crippen molar-refractivity contribution < 1.29 is 17.9 Å². The van der Waals surface area contributed by atoms with E-state index >= 15 is 0 Å². The first-order chi connectivity index (χ1) is 9.52. The van der Waals surface area contributed by atoms with Gasteiger partial charge in [0, 0.05) is 13.1 Å². The SMILES string of the molecule is COC(=O)[C@@H](CC1CCCCC1)N1CCS(=O)(=O)CC1. The summed E-state index contributed by atoms with van der Waals surface area (Å²) in [4.78, 5) is 14.0. The van der Waals surface area contributed by atoms with Crippen LogP contribution in [0, 0.1) is 5.92 Å². The lowest BCUT2D eigenvalue weighted by Gasteiger charge is -2.35. The summed E-state index contributed by atoms with van der Waals surface area (Å²) < 4.78 is 27.9. The second kappa shape index (κ2) is 6.89. The molecule has 0 bridgehead atoms. The summed E-state index contributed by atoms with van der Waals surface area (Å²) in [5, 5.41) is 0. The summed E-state index contributed by atoms with van der Waals surface area (Å²) in [6, 6.07) is -0.265. The minimum absolute atomic E-state index is 0.158. The molecule has 2 rings (SSSR count). The average Bonchev–Trinajstić information content (AvgIpc) is 2.45. The predicted octanol–water partition coefficient (Wildman–Crippen LogP) is 1.23. The van der Waals surface area contributed by atoms with Crippen LogP contribution in [0.4, 0.5) is 0 Å². The fourth-order valence-corrected chi connectivity index (χ4v) is 4.54. The van der Waals surface area contributed by atoms with Gasteiger partial charge < -0.3 is 4.74 Å². The Bertz CT molecular complexity index is 414. The zero-order valence-electron chi connectivity index (χ0n) is 12.2. The third-order valence-electron chi connectivity index (χ3n) is 4.57. The fraction of sp³-hybridized carbons (Fsp3) is 0.929. The molecule has 0 aromatic heterocycles. The van der Waals surface area contributed by atoms with E-state index in [1.54, 1.807) is 0 Å². The fourth-order valence-electron chi connectivity index (χ4n) is 3.31. The molecule has 0 radical (unpaired) electrons. The summed E-state index contributed by atoms with van der Waals surface area (Å²) in [5.41, 5.74) is 0. The van der Waals surface area contributed by atoms with Gasteiger partial charge in [0.25, 0.3) is 0 Å². The maximum Gasteiger partial charge on any atom is 0.323 e. The van der Waals surface area contributed by atoms with Gasteiger partial charge >= 0.3 is 5.97 Å². The topological polar surface area (TPSA) is 63.7 Å². The van der Waals surface area contributed by atoms with Crippen molar-refractivity contribution in [2.45, 2.75) is 44.6 Å². The highest BCUT2D eigenvalue weighted by atomic mass is 32.2. The van der Waals surface area contributed by atoms with E-state index in [1.807, 2.05) is 4.90 Å². The molecule has 1 atom stereocenters. The van der Waals surface area contributed by atoms with Crippen molar-refractivity contribution in [1.82, 2.24) is 4.90 Å². The summed E-state index contributed by atoms with van der Waals surface area (Å²) >= 11 is 0. The molecular formula is C14H25NO4S. The van der Waals surface area contributed by atoms with Gasteiger partial charge in [-0.25, -0.2) is 8.42 Å². The van der Waals surface area contributed by atoms with Crippen LogP contribution in [-0.4, -0.2) is 57.0 Å². The van der Waals surface area contributed by atoms with E-state index in [0.29, 0.717) is 19.0 Å². The van der Waals surface area contributed by atoms with E-state index in [4.69, 9.17) is 4.74 Å². The first-order valence-corrected chi connectivity index (χ1v) is 9.36. The van der Waals surface area contributed by atoms with Crippen LogP contribution in [0.1, 0.15) is 38.5 Å². The van der Waals surface area contributed by atoms with Crippen molar-refractivity contribution in [3.63, 3.8) is 0 Å². The molecule has 1 aliphatic heterocycles. The van der Waals surface area contributed by atoms with Gasteiger partial charge in [0.05, 0.1) is 18.6 Å². The van der Waals surface area contributed by atoms with Crippen molar-refractivity contribution in [2.75, 3.05) is 31.7 Å². The molecule has 0 N–H and O–H groups in total. The molecule has 20 heavy (non-hydrogen) atoms. The van der Waals surface area contributed by atoms with Crippen molar-refractivity contribution >= 4 is 15.8 Å². The monoisotopic (exact) mass is 303 g/mol. The number of esters is 1. The molecule has 0 spiro atoms. The van der Waals surface area contributed by atoms with Gasteiger partial charge in [-0.05, 0) is 12.3 Å². The Kier molecular flexibility index (Phi) is 5.43. The van der Waals surface area contributed by atoms with Gasteiger partial charge in [0.2, 0.25) is 0 Å². The van der Waals surface area contributed by atoms with Gasteiger partial charge in [-0.2, -0.15) is 0 Å². The predicted molar refractivity (Wildman–Crippen MR) is 77.2 cm³/mol. The second-order valence-electron chi connectivity index (χ2n) is 5.97. The summed E-state index contributed by atoms with van der Waals surface area (Å²) in [6.45, 7) is 0.906. The lowest BCUT2D eigenvalue weighted by molar-refractivity contribution is -0.147. The number of nitrogens with zero attached hydrogens (tertiary/aromatic N) is 1. The molecule has 1 aliphatic carbocycles. The maximum absolute atomic E-state index is 12.0. The van der Waals surface area contributed by atoms with Gasteiger partial charge in [-0.1, -0.05) is 32.1 Å². The molecule has 1 heterocycles. The van der Waals surface area contributed by atoms with E-state index in [9.17, 15) is 13.2 Å². The van der Waals surface area contributed by atoms with Gasteiger partial charge in [0.15, 0.2) is 9.84 Å². The zero-order chi connectivity index (χ0) is 14.6. The van der Waals surface area contributed by atoms with Crippen LogP contribution in [0.15, 0.2) is 0 Å².